The largest absolute Gasteiger partial charge is 0.365 e. The summed E-state index contributed by atoms with van der Waals surface area (Å²) in [6, 6.07) is 3.52. The molecule has 23 heavy (non-hydrogen) atoms. The molecule has 1 atom stereocenters. The number of unbranched alkanes of at least 4 members (excludes halogenated alkanes) is 1. The topological polar surface area (TPSA) is 59.2 Å². The van der Waals surface area contributed by atoms with Crippen LogP contribution >= 0.6 is 15.9 Å². The highest BCUT2D eigenvalue weighted by atomic mass is 79.9. The number of carbonyl (C=O) groups is 1. The maximum Gasteiger partial charge on any atom is 0.252 e. The average Bonchev–Trinajstić information content (AvgIpc) is 2.81. The molecule has 4 nitrogen and oxygen atoms in total. The third kappa shape index (κ3) is 4.93. The molecule has 1 aromatic heterocycles. The molecule has 0 aromatic carbocycles. The van der Waals surface area contributed by atoms with Gasteiger partial charge in [-0.3, -0.25) is 4.79 Å². The van der Waals surface area contributed by atoms with Gasteiger partial charge in [-0.1, -0.05) is 33.6 Å². The molecular weight excluding hydrogens is 354 g/mol. The first-order chi connectivity index (χ1) is 10.8. The van der Waals surface area contributed by atoms with Crippen molar-refractivity contribution in [3.8, 4) is 0 Å². The van der Waals surface area contributed by atoms with Crippen LogP contribution < -0.4 is 10.6 Å². The van der Waals surface area contributed by atoms with Gasteiger partial charge in [0.1, 0.15) is 10.4 Å². The molecule has 1 fully saturated rings. The molecule has 0 bridgehead atoms. The highest BCUT2D eigenvalue weighted by molar-refractivity contribution is 9.10. The van der Waals surface area contributed by atoms with E-state index in [-0.39, 0.29) is 5.54 Å². The predicted molar refractivity (Wildman–Crippen MR) is 101 cm³/mol. The number of nitrogens with two attached hydrogens (primary N) is 1. The molecule has 1 aromatic rings. The summed E-state index contributed by atoms with van der Waals surface area (Å²) >= 11 is 3.40. The maximum atomic E-state index is 11.7. The van der Waals surface area contributed by atoms with Crippen LogP contribution in [0.5, 0.6) is 0 Å². The highest BCUT2D eigenvalue weighted by Gasteiger charge is 2.40. The van der Waals surface area contributed by atoms with Crippen LogP contribution in [0.3, 0.4) is 0 Å². The second-order valence-corrected chi connectivity index (χ2v) is 7.32. The van der Waals surface area contributed by atoms with Gasteiger partial charge in [-0.15, -0.1) is 0 Å². The van der Waals surface area contributed by atoms with Crippen LogP contribution in [0.15, 0.2) is 16.7 Å². The van der Waals surface area contributed by atoms with Crippen molar-refractivity contribution in [2.75, 3.05) is 11.4 Å². The lowest BCUT2D eigenvalue weighted by Crippen LogP contribution is -2.40. The number of pyridine rings is 1. The third-order valence-electron chi connectivity index (χ3n) is 4.29. The van der Waals surface area contributed by atoms with Crippen molar-refractivity contribution in [1.82, 2.24) is 4.98 Å². The fourth-order valence-corrected chi connectivity index (χ4v) is 3.57. The molecule has 130 valence electrons. The van der Waals surface area contributed by atoms with E-state index in [2.05, 4.69) is 46.6 Å². The molecule has 0 aliphatic carbocycles. The Bertz CT molecular complexity index is 531. The summed E-state index contributed by atoms with van der Waals surface area (Å²) in [5.74, 6) is 0.945. The summed E-state index contributed by atoms with van der Waals surface area (Å²) in [4.78, 5) is 18.5. The zero-order valence-corrected chi connectivity index (χ0v) is 16.6. The lowest BCUT2D eigenvalue weighted by molar-refractivity contribution is 0.100. The van der Waals surface area contributed by atoms with Crippen molar-refractivity contribution < 1.29 is 4.79 Å². The number of anilines is 1. The van der Waals surface area contributed by atoms with E-state index in [0.29, 0.717) is 17.3 Å². The van der Waals surface area contributed by atoms with Gasteiger partial charge in [-0.2, -0.15) is 0 Å². The molecular formula is C18H30BrN3O. The number of amides is 1. The fraction of sp³-hybridized carbons (Fsp3) is 0.667. The van der Waals surface area contributed by atoms with E-state index < -0.39 is 5.91 Å². The Morgan fingerprint density at radius 2 is 2.09 bits per heavy atom. The quantitative estimate of drug-likeness (QED) is 0.745. The second-order valence-electron chi connectivity index (χ2n) is 6.50. The van der Waals surface area contributed by atoms with Gasteiger partial charge in [0.25, 0.3) is 5.91 Å². The van der Waals surface area contributed by atoms with Gasteiger partial charge in [-0.25, -0.2) is 4.98 Å². The number of rotatable bonds is 5. The number of aromatic nitrogens is 1. The van der Waals surface area contributed by atoms with E-state index in [1.807, 2.05) is 13.8 Å². The van der Waals surface area contributed by atoms with Gasteiger partial charge < -0.3 is 10.6 Å². The van der Waals surface area contributed by atoms with Crippen molar-refractivity contribution in [1.29, 1.82) is 0 Å². The first-order valence-corrected chi connectivity index (χ1v) is 9.38. The molecule has 2 heterocycles. The van der Waals surface area contributed by atoms with Gasteiger partial charge in [0.2, 0.25) is 0 Å². The molecule has 1 unspecified atom stereocenters. The van der Waals surface area contributed by atoms with Crippen LogP contribution in [0, 0.1) is 5.92 Å². The van der Waals surface area contributed by atoms with Crippen LogP contribution in [0.2, 0.25) is 0 Å². The van der Waals surface area contributed by atoms with E-state index in [4.69, 9.17) is 5.73 Å². The SMILES string of the molecule is CC.CCCCC1CN(c2nc(Br)ccc2C(N)=O)C(C)(C)C1. The third-order valence-corrected chi connectivity index (χ3v) is 4.73. The van der Waals surface area contributed by atoms with E-state index in [1.165, 1.54) is 19.3 Å². The minimum atomic E-state index is -0.419. The molecule has 0 spiro atoms. The molecule has 5 heteroatoms. The summed E-state index contributed by atoms with van der Waals surface area (Å²) in [6.07, 6.45) is 4.83. The van der Waals surface area contributed by atoms with Crippen molar-refractivity contribution >= 4 is 27.7 Å². The lowest BCUT2D eigenvalue weighted by Gasteiger charge is -2.33. The Hall–Kier alpha value is -1.10. The number of hydrogen-bond donors (Lipinski definition) is 1. The summed E-state index contributed by atoms with van der Waals surface area (Å²) in [5, 5.41) is 0. The maximum absolute atomic E-state index is 11.7. The first-order valence-electron chi connectivity index (χ1n) is 8.59. The molecule has 2 rings (SSSR count). The number of carbonyl (C=O) groups excluding carboxylic acids is 1. The average molecular weight is 384 g/mol. The second kappa shape index (κ2) is 8.67. The summed E-state index contributed by atoms with van der Waals surface area (Å²) < 4.78 is 0.732. The van der Waals surface area contributed by atoms with Crippen molar-refractivity contribution in [2.24, 2.45) is 11.7 Å². The molecule has 1 saturated heterocycles. The Kier molecular flexibility index (Phi) is 7.52. The van der Waals surface area contributed by atoms with E-state index in [0.717, 1.165) is 17.6 Å². The van der Waals surface area contributed by atoms with Crippen molar-refractivity contribution in [3.05, 3.63) is 22.3 Å². The standard InChI is InChI=1S/C16H24BrN3O.C2H6/c1-4-5-6-11-9-16(2,3)20(10-11)15-12(14(18)21)7-8-13(17)19-15;1-2/h7-8,11H,4-6,9-10H2,1-3H3,(H2,18,21);1-2H3. The van der Waals surface area contributed by atoms with Crippen molar-refractivity contribution in [2.45, 2.75) is 65.8 Å². The van der Waals surface area contributed by atoms with Crippen LogP contribution in [-0.2, 0) is 0 Å². The number of hydrogen-bond acceptors (Lipinski definition) is 3. The van der Waals surface area contributed by atoms with Crippen LogP contribution in [0.25, 0.3) is 0 Å². The van der Waals surface area contributed by atoms with Gasteiger partial charge in [0.05, 0.1) is 5.56 Å². The van der Waals surface area contributed by atoms with E-state index in [9.17, 15) is 4.79 Å². The molecule has 2 N–H and O–H groups in total. The Morgan fingerprint density at radius 1 is 1.43 bits per heavy atom. The summed E-state index contributed by atoms with van der Waals surface area (Å²) in [6.45, 7) is 11.6. The molecule has 1 aliphatic rings. The minimum Gasteiger partial charge on any atom is -0.365 e. The first kappa shape index (κ1) is 19.9. The molecule has 0 radical (unpaired) electrons. The normalized spacial score (nSPS) is 19.2. The monoisotopic (exact) mass is 383 g/mol. The zero-order valence-electron chi connectivity index (χ0n) is 15.0. The van der Waals surface area contributed by atoms with Crippen molar-refractivity contribution in [3.63, 3.8) is 0 Å². The molecule has 1 aliphatic heterocycles. The van der Waals surface area contributed by atoms with Crippen LogP contribution in [0.1, 0.15) is 70.7 Å². The van der Waals surface area contributed by atoms with Crippen LogP contribution in [-0.4, -0.2) is 23.0 Å². The van der Waals surface area contributed by atoms with Gasteiger partial charge in [-0.05, 0) is 60.7 Å². The van der Waals surface area contributed by atoms with E-state index in [1.54, 1.807) is 12.1 Å². The zero-order chi connectivity index (χ0) is 17.6. The molecule has 1 amide bonds. The van der Waals surface area contributed by atoms with Gasteiger partial charge in [0, 0.05) is 12.1 Å². The number of primary amides is 1. The van der Waals surface area contributed by atoms with Gasteiger partial charge in [0.15, 0.2) is 0 Å². The smallest absolute Gasteiger partial charge is 0.252 e. The number of nitrogens with zero attached hydrogens (tertiary/aromatic N) is 2. The highest BCUT2D eigenvalue weighted by Crippen LogP contribution is 2.39. The Balaban J connectivity index is 0.00000127. The van der Waals surface area contributed by atoms with E-state index >= 15 is 0 Å². The van der Waals surface area contributed by atoms with Crippen LogP contribution in [0.4, 0.5) is 5.82 Å². The fourth-order valence-electron chi connectivity index (χ4n) is 3.27. The summed E-state index contributed by atoms with van der Waals surface area (Å²) in [7, 11) is 0. The lowest BCUT2D eigenvalue weighted by atomic mass is 9.93. The van der Waals surface area contributed by atoms with Gasteiger partial charge >= 0.3 is 0 Å². The Labute approximate surface area is 149 Å². The number of halogens is 1. The minimum absolute atomic E-state index is 0.00357. The summed E-state index contributed by atoms with van der Waals surface area (Å²) in [5.41, 5.74) is 6.01. The molecule has 0 saturated carbocycles. The predicted octanol–water partition coefficient (Wildman–Crippen LogP) is 4.76. The Morgan fingerprint density at radius 3 is 2.65 bits per heavy atom.